The highest BCUT2D eigenvalue weighted by molar-refractivity contribution is 9.10. The van der Waals surface area contributed by atoms with E-state index in [1.165, 1.54) is 16.4 Å². The van der Waals surface area contributed by atoms with Crippen LogP contribution in [0.15, 0.2) is 64.0 Å². The van der Waals surface area contributed by atoms with Crippen LogP contribution in [0, 0.1) is 0 Å². The summed E-state index contributed by atoms with van der Waals surface area (Å²) in [6.07, 6.45) is 1.90. The molecule has 1 fully saturated rings. The van der Waals surface area contributed by atoms with Crippen LogP contribution in [-0.4, -0.2) is 44.4 Å². The minimum absolute atomic E-state index is 0.00889. The zero-order valence-corrected chi connectivity index (χ0v) is 17.8. The van der Waals surface area contributed by atoms with Gasteiger partial charge in [-0.2, -0.15) is 4.31 Å². The minimum Gasteiger partial charge on any atom is -0.376 e. The first-order chi connectivity index (χ1) is 13.4. The summed E-state index contributed by atoms with van der Waals surface area (Å²) in [4.78, 5) is 12.6. The lowest BCUT2D eigenvalue weighted by Crippen LogP contribution is -2.42. The van der Waals surface area contributed by atoms with Gasteiger partial charge in [0.1, 0.15) is 0 Å². The van der Waals surface area contributed by atoms with E-state index < -0.39 is 10.0 Å². The molecule has 2 aromatic carbocycles. The Morgan fingerprint density at radius 3 is 2.50 bits per heavy atom. The van der Waals surface area contributed by atoms with Crippen LogP contribution < -0.4 is 5.32 Å². The molecule has 1 atom stereocenters. The number of halogens is 1. The van der Waals surface area contributed by atoms with Crippen molar-refractivity contribution in [1.82, 2.24) is 9.62 Å². The van der Waals surface area contributed by atoms with Crippen LogP contribution in [0.3, 0.4) is 0 Å². The molecule has 0 aliphatic carbocycles. The first-order valence-electron chi connectivity index (χ1n) is 9.13. The van der Waals surface area contributed by atoms with E-state index in [0.29, 0.717) is 13.2 Å². The first-order valence-corrected chi connectivity index (χ1v) is 11.4. The van der Waals surface area contributed by atoms with Gasteiger partial charge in [0.05, 0.1) is 17.5 Å². The molecule has 0 unspecified atom stereocenters. The second-order valence-electron chi connectivity index (χ2n) is 6.65. The van der Waals surface area contributed by atoms with E-state index in [1.54, 1.807) is 12.1 Å². The fraction of sp³-hybridized carbons (Fsp3) is 0.350. The maximum atomic E-state index is 13.1. The molecule has 150 valence electrons. The monoisotopic (exact) mass is 466 g/mol. The van der Waals surface area contributed by atoms with Gasteiger partial charge in [0.25, 0.3) is 0 Å². The predicted octanol–water partition coefficient (Wildman–Crippen LogP) is 2.94. The predicted molar refractivity (Wildman–Crippen MR) is 110 cm³/mol. The fourth-order valence-electron chi connectivity index (χ4n) is 3.02. The van der Waals surface area contributed by atoms with Crippen molar-refractivity contribution in [2.45, 2.75) is 30.4 Å². The van der Waals surface area contributed by atoms with Crippen molar-refractivity contribution in [3.05, 3.63) is 64.6 Å². The third-order valence-electron chi connectivity index (χ3n) is 4.52. The molecule has 0 radical (unpaired) electrons. The lowest BCUT2D eigenvalue weighted by molar-refractivity contribution is -0.121. The van der Waals surface area contributed by atoms with Crippen molar-refractivity contribution in [2.75, 3.05) is 19.7 Å². The largest absolute Gasteiger partial charge is 0.376 e. The number of amides is 1. The lowest BCUT2D eigenvalue weighted by Gasteiger charge is -2.22. The number of carbonyl (C=O) groups is 1. The van der Waals surface area contributed by atoms with E-state index in [9.17, 15) is 13.2 Å². The van der Waals surface area contributed by atoms with Gasteiger partial charge >= 0.3 is 0 Å². The Labute approximate surface area is 174 Å². The Kier molecular flexibility index (Phi) is 7.23. The number of rotatable bonds is 8. The zero-order valence-electron chi connectivity index (χ0n) is 15.4. The summed E-state index contributed by atoms with van der Waals surface area (Å²) in [5.41, 5.74) is 0.815. The topological polar surface area (TPSA) is 75.7 Å². The average molecular weight is 467 g/mol. The van der Waals surface area contributed by atoms with E-state index in [4.69, 9.17) is 4.74 Å². The number of hydrogen-bond donors (Lipinski definition) is 1. The molecule has 8 heteroatoms. The van der Waals surface area contributed by atoms with Gasteiger partial charge in [-0.15, -0.1) is 0 Å². The molecule has 1 aliphatic heterocycles. The van der Waals surface area contributed by atoms with Gasteiger partial charge in [0, 0.05) is 24.2 Å². The van der Waals surface area contributed by atoms with Gasteiger partial charge in [-0.3, -0.25) is 4.79 Å². The van der Waals surface area contributed by atoms with Crippen LogP contribution in [0.25, 0.3) is 0 Å². The Balaban J connectivity index is 1.75. The summed E-state index contributed by atoms with van der Waals surface area (Å²) in [6, 6.07) is 15.6. The third-order valence-corrected chi connectivity index (χ3v) is 6.86. The Morgan fingerprint density at radius 2 is 1.86 bits per heavy atom. The quantitative estimate of drug-likeness (QED) is 0.648. The van der Waals surface area contributed by atoms with Crippen LogP contribution in [0.2, 0.25) is 0 Å². The summed E-state index contributed by atoms with van der Waals surface area (Å²) in [5.74, 6) is -0.341. The molecule has 0 spiro atoms. The molecule has 0 bridgehead atoms. The van der Waals surface area contributed by atoms with Crippen molar-refractivity contribution in [1.29, 1.82) is 0 Å². The van der Waals surface area contributed by atoms with Crippen LogP contribution >= 0.6 is 15.9 Å². The maximum Gasteiger partial charge on any atom is 0.243 e. The Hall–Kier alpha value is -1.74. The number of benzene rings is 2. The van der Waals surface area contributed by atoms with E-state index in [1.807, 2.05) is 30.3 Å². The number of hydrogen-bond acceptors (Lipinski definition) is 4. The average Bonchev–Trinajstić information content (AvgIpc) is 3.21. The highest BCUT2D eigenvalue weighted by atomic mass is 79.9. The van der Waals surface area contributed by atoms with Gasteiger partial charge in [-0.25, -0.2) is 8.42 Å². The zero-order chi connectivity index (χ0) is 20.0. The molecule has 28 heavy (non-hydrogen) atoms. The van der Waals surface area contributed by atoms with Gasteiger partial charge in [-0.05, 0) is 42.7 Å². The molecule has 2 aromatic rings. The minimum atomic E-state index is -3.83. The lowest BCUT2D eigenvalue weighted by atomic mass is 10.2. The molecular weight excluding hydrogens is 444 g/mol. The van der Waals surface area contributed by atoms with Crippen LogP contribution in [0.4, 0.5) is 0 Å². The van der Waals surface area contributed by atoms with Crippen molar-refractivity contribution in [2.24, 2.45) is 0 Å². The highest BCUT2D eigenvalue weighted by Crippen LogP contribution is 2.20. The van der Waals surface area contributed by atoms with Crippen molar-refractivity contribution < 1.29 is 17.9 Å². The van der Waals surface area contributed by atoms with Crippen molar-refractivity contribution >= 4 is 31.9 Å². The van der Waals surface area contributed by atoms with Gasteiger partial charge in [0.2, 0.25) is 15.9 Å². The SMILES string of the molecule is O=C(CN(Cc1ccccc1)S(=O)(=O)c1ccc(Br)cc1)NC[C@@H]1CCCO1. The molecule has 0 saturated carbocycles. The summed E-state index contributed by atoms with van der Waals surface area (Å²) in [5, 5.41) is 2.80. The molecule has 3 rings (SSSR count). The fourth-order valence-corrected chi connectivity index (χ4v) is 4.67. The van der Waals surface area contributed by atoms with Crippen LogP contribution in [-0.2, 0) is 26.1 Å². The van der Waals surface area contributed by atoms with Gasteiger partial charge in [-0.1, -0.05) is 46.3 Å². The number of nitrogens with zero attached hydrogens (tertiary/aromatic N) is 1. The second-order valence-corrected chi connectivity index (χ2v) is 9.51. The standard InChI is InChI=1S/C20H23BrN2O4S/c21-17-8-10-19(11-9-17)28(25,26)23(14-16-5-2-1-3-6-16)15-20(24)22-13-18-7-4-12-27-18/h1-3,5-6,8-11,18H,4,7,12-15H2,(H,22,24)/t18-/m0/s1. The van der Waals surface area contributed by atoms with Gasteiger partial charge in [0.15, 0.2) is 0 Å². The van der Waals surface area contributed by atoms with E-state index in [-0.39, 0.29) is 30.0 Å². The number of carbonyl (C=O) groups excluding carboxylic acids is 1. The second kappa shape index (κ2) is 9.65. The van der Waals surface area contributed by atoms with Crippen molar-refractivity contribution in [3.8, 4) is 0 Å². The van der Waals surface area contributed by atoms with E-state index >= 15 is 0 Å². The van der Waals surface area contributed by atoms with Gasteiger partial charge < -0.3 is 10.1 Å². The summed E-state index contributed by atoms with van der Waals surface area (Å²) >= 11 is 3.31. The summed E-state index contributed by atoms with van der Waals surface area (Å²) in [7, 11) is -3.83. The molecule has 1 amide bonds. The van der Waals surface area contributed by atoms with Crippen molar-refractivity contribution in [3.63, 3.8) is 0 Å². The highest BCUT2D eigenvalue weighted by Gasteiger charge is 2.27. The molecular formula is C20H23BrN2O4S. The normalized spacial score (nSPS) is 17.0. The molecule has 6 nitrogen and oxygen atoms in total. The molecule has 1 saturated heterocycles. The third kappa shape index (κ3) is 5.64. The Morgan fingerprint density at radius 1 is 1.14 bits per heavy atom. The first kappa shape index (κ1) is 21.0. The number of nitrogens with one attached hydrogen (secondary N) is 1. The molecule has 0 aromatic heterocycles. The smallest absolute Gasteiger partial charge is 0.243 e. The summed E-state index contributed by atoms with van der Waals surface area (Å²) < 4.78 is 33.8. The Bertz CT molecular complexity index is 882. The molecule has 1 aliphatic rings. The van der Waals surface area contributed by atoms with E-state index in [0.717, 1.165) is 22.9 Å². The molecule has 1 heterocycles. The maximum absolute atomic E-state index is 13.1. The van der Waals surface area contributed by atoms with Crippen LogP contribution in [0.5, 0.6) is 0 Å². The molecule has 1 N–H and O–H groups in total. The number of sulfonamides is 1. The summed E-state index contributed by atoms with van der Waals surface area (Å²) in [6.45, 7) is 0.974. The van der Waals surface area contributed by atoms with E-state index in [2.05, 4.69) is 21.2 Å². The van der Waals surface area contributed by atoms with Crippen LogP contribution in [0.1, 0.15) is 18.4 Å². The number of ether oxygens (including phenoxy) is 1.